The summed E-state index contributed by atoms with van der Waals surface area (Å²) in [5.74, 6) is 0. The molecule has 0 N–H and O–H groups in total. The molecule has 0 unspecified atom stereocenters. The van der Waals surface area contributed by atoms with Crippen molar-refractivity contribution in [1.29, 1.82) is 0 Å². The Morgan fingerprint density at radius 3 is 1.79 bits per heavy atom. The predicted molar refractivity (Wildman–Crippen MR) is 128 cm³/mol. The Morgan fingerprint density at radius 1 is 0.759 bits per heavy atom. The van der Waals surface area contributed by atoms with Crippen molar-refractivity contribution in [3.05, 3.63) is 29.8 Å². The minimum atomic E-state index is -3.62. The molecule has 0 heterocycles. The number of unbranched alkanes of at least 4 members (excludes halogenated alkanes) is 9. The number of benzene rings is 1. The zero-order valence-corrected chi connectivity index (χ0v) is 21.2. The van der Waals surface area contributed by atoms with E-state index in [4.69, 9.17) is 4.18 Å². The summed E-state index contributed by atoms with van der Waals surface area (Å²) in [7, 11) is -4.87. The normalized spacial score (nSPS) is 12.4. The van der Waals surface area contributed by atoms with Crippen molar-refractivity contribution < 1.29 is 12.6 Å². The second kappa shape index (κ2) is 14.4. The Labute approximate surface area is 181 Å². The van der Waals surface area contributed by atoms with E-state index in [1.807, 2.05) is 6.92 Å². The zero-order chi connectivity index (χ0) is 21.6. The highest BCUT2D eigenvalue weighted by molar-refractivity contribution is 7.86. The quantitative estimate of drug-likeness (QED) is 0.141. The van der Waals surface area contributed by atoms with Crippen LogP contribution in [0, 0.1) is 6.92 Å². The average molecular weight is 441 g/mol. The van der Waals surface area contributed by atoms with Gasteiger partial charge in [0.2, 0.25) is 0 Å². The molecule has 168 valence electrons. The van der Waals surface area contributed by atoms with E-state index in [0.29, 0.717) is 6.61 Å². The van der Waals surface area contributed by atoms with Crippen LogP contribution in [0.2, 0.25) is 25.2 Å². The van der Waals surface area contributed by atoms with Crippen LogP contribution in [0.3, 0.4) is 0 Å². The lowest BCUT2D eigenvalue weighted by atomic mass is 10.1. The minimum absolute atomic E-state index is 0.255. The van der Waals surface area contributed by atoms with Crippen LogP contribution in [0.4, 0.5) is 0 Å². The number of hydrogen-bond acceptors (Lipinski definition) is 3. The molecule has 0 radical (unpaired) electrons. The summed E-state index contributed by atoms with van der Waals surface area (Å²) in [5.41, 5.74) is 1.05. The molecule has 1 aromatic carbocycles. The fourth-order valence-electron chi connectivity index (χ4n) is 3.71. The third kappa shape index (κ3) is 12.6. The van der Waals surface area contributed by atoms with Gasteiger partial charge >= 0.3 is 0 Å². The minimum Gasteiger partial charge on any atom is -0.266 e. The molecule has 0 spiro atoms. The van der Waals surface area contributed by atoms with E-state index in [9.17, 15) is 8.42 Å². The van der Waals surface area contributed by atoms with Gasteiger partial charge in [-0.05, 0) is 25.5 Å². The highest BCUT2D eigenvalue weighted by Crippen LogP contribution is 2.22. The lowest BCUT2D eigenvalue weighted by molar-refractivity contribution is 0.317. The highest BCUT2D eigenvalue weighted by atomic mass is 32.2. The van der Waals surface area contributed by atoms with E-state index in [0.717, 1.165) is 18.0 Å². The molecule has 0 aliphatic carbocycles. The van der Waals surface area contributed by atoms with E-state index < -0.39 is 18.2 Å². The first kappa shape index (κ1) is 26.4. The van der Waals surface area contributed by atoms with Crippen molar-refractivity contribution in [2.45, 2.75) is 115 Å². The van der Waals surface area contributed by atoms with Crippen LogP contribution in [0.25, 0.3) is 0 Å². The van der Waals surface area contributed by atoms with Gasteiger partial charge in [0, 0.05) is 8.07 Å². The lowest BCUT2D eigenvalue weighted by Crippen LogP contribution is -2.25. The van der Waals surface area contributed by atoms with E-state index >= 15 is 0 Å². The van der Waals surface area contributed by atoms with Crippen molar-refractivity contribution >= 4 is 18.2 Å². The van der Waals surface area contributed by atoms with E-state index in [1.165, 1.54) is 70.3 Å². The Bertz CT molecular complexity index is 639. The molecule has 0 aromatic heterocycles. The second-order valence-electron chi connectivity index (χ2n) is 9.29. The van der Waals surface area contributed by atoms with Gasteiger partial charge < -0.3 is 0 Å². The van der Waals surface area contributed by atoms with Gasteiger partial charge in [0.15, 0.2) is 0 Å². The Kier molecular flexibility index (Phi) is 13.1. The second-order valence-corrected chi connectivity index (χ2v) is 16.2. The van der Waals surface area contributed by atoms with Crippen molar-refractivity contribution in [2.75, 3.05) is 6.61 Å². The van der Waals surface area contributed by atoms with Crippen molar-refractivity contribution in [3.8, 4) is 0 Å². The number of aryl methyl sites for hydroxylation is 1. The van der Waals surface area contributed by atoms with E-state index in [-0.39, 0.29) is 4.90 Å². The lowest BCUT2D eigenvalue weighted by Gasteiger charge is -2.22. The molecule has 0 saturated carbocycles. The first-order chi connectivity index (χ1) is 13.8. The molecular formula is C24H44O3SSi. The molecule has 0 atom stereocenters. The Balaban J connectivity index is 2.10. The van der Waals surface area contributed by atoms with Crippen LogP contribution in [0.1, 0.15) is 83.1 Å². The maximum atomic E-state index is 12.2. The van der Waals surface area contributed by atoms with Crippen LogP contribution in [-0.4, -0.2) is 23.1 Å². The number of hydrogen-bond donors (Lipinski definition) is 0. The topological polar surface area (TPSA) is 43.4 Å². The molecule has 3 nitrogen and oxygen atoms in total. The molecule has 0 aliphatic heterocycles. The summed E-state index contributed by atoms with van der Waals surface area (Å²) < 4.78 is 29.7. The highest BCUT2D eigenvalue weighted by Gasteiger charge is 2.20. The summed E-state index contributed by atoms with van der Waals surface area (Å²) in [4.78, 5) is 0.255. The zero-order valence-electron chi connectivity index (χ0n) is 19.3. The maximum Gasteiger partial charge on any atom is 0.296 e. The van der Waals surface area contributed by atoms with Crippen LogP contribution in [0.15, 0.2) is 29.2 Å². The molecule has 0 aliphatic rings. The predicted octanol–water partition coefficient (Wildman–Crippen LogP) is 7.72. The first-order valence-corrected chi connectivity index (χ1v) is 16.6. The van der Waals surface area contributed by atoms with E-state index in [1.54, 1.807) is 24.3 Å². The van der Waals surface area contributed by atoms with Gasteiger partial charge in [-0.1, -0.05) is 114 Å². The van der Waals surface area contributed by atoms with Crippen LogP contribution < -0.4 is 0 Å². The summed E-state index contributed by atoms with van der Waals surface area (Å²) >= 11 is 0. The average Bonchev–Trinajstić information content (AvgIpc) is 2.67. The maximum absolute atomic E-state index is 12.2. The summed E-state index contributed by atoms with van der Waals surface area (Å²) in [5, 5.41) is 0. The molecule has 0 amide bonds. The largest absolute Gasteiger partial charge is 0.296 e. The molecule has 29 heavy (non-hydrogen) atoms. The van der Waals surface area contributed by atoms with E-state index in [2.05, 4.69) is 20.0 Å². The first-order valence-electron chi connectivity index (χ1n) is 11.7. The van der Waals surface area contributed by atoms with Gasteiger partial charge in [-0.3, -0.25) is 4.18 Å². The standard InChI is InChI=1S/C24H44O3SSi/c1-5-6-7-8-9-10-11-12-13-14-21-29(3,4)22-15-20-27-28(25,26)24-18-16-23(2)17-19-24/h16-19H,5-15,20-22H2,1-4H3. The van der Waals surface area contributed by atoms with Gasteiger partial charge in [-0.2, -0.15) is 8.42 Å². The monoisotopic (exact) mass is 440 g/mol. The van der Waals surface area contributed by atoms with Gasteiger partial charge in [-0.15, -0.1) is 0 Å². The molecule has 5 heteroatoms. The number of rotatable bonds is 17. The van der Waals surface area contributed by atoms with Crippen LogP contribution >= 0.6 is 0 Å². The summed E-state index contributed by atoms with van der Waals surface area (Å²) in [6.45, 7) is 9.36. The smallest absolute Gasteiger partial charge is 0.266 e. The van der Waals surface area contributed by atoms with Gasteiger partial charge in [-0.25, -0.2) is 0 Å². The van der Waals surface area contributed by atoms with Crippen molar-refractivity contribution in [1.82, 2.24) is 0 Å². The fraction of sp³-hybridized carbons (Fsp3) is 0.750. The van der Waals surface area contributed by atoms with Gasteiger partial charge in [0.1, 0.15) is 0 Å². The summed E-state index contributed by atoms with van der Waals surface area (Å²) in [6.07, 6.45) is 14.6. The molecule has 0 saturated heterocycles. The van der Waals surface area contributed by atoms with Crippen molar-refractivity contribution in [3.63, 3.8) is 0 Å². The van der Waals surface area contributed by atoms with Crippen molar-refractivity contribution in [2.24, 2.45) is 0 Å². The van der Waals surface area contributed by atoms with Gasteiger partial charge in [0.05, 0.1) is 11.5 Å². The molecule has 1 rings (SSSR count). The molecule has 0 fully saturated rings. The Hall–Kier alpha value is -0.653. The van der Waals surface area contributed by atoms with Crippen LogP contribution in [-0.2, 0) is 14.3 Å². The molecular weight excluding hydrogens is 396 g/mol. The van der Waals surface area contributed by atoms with Crippen LogP contribution in [0.5, 0.6) is 0 Å². The third-order valence-corrected chi connectivity index (χ3v) is 10.5. The summed E-state index contributed by atoms with van der Waals surface area (Å²) in [6, 6.07) is 9.32. The Morgan fingerprint density at radius 2 is 1.24 bits per heavy atom. The van der Waals surface area contributed by atoms with Gasteiger partial charge in [0.25, 0.3) is 10.1 Å². The molecule has 0 bridgehead atoms. The molecule has 1 aromatic rings. The third-order valence-electron chi connectivity index (χ3n) is 5.75. The fourth-order valence-corrected chi connectivity index (χ4v) is 7.21. The SMILES string of the molecule is CCCCCCCCCCCC[Si](C)(C)CCCOS(=O)(=O)c1ccc(C)cc1.